The Labute approximate surface area is 314 Å². The maximum atomic E-state index is 15.2. The summed E-state index contributed by atoms with van der Waals surface area (Å²) >= 11 is 0. The number of alkyl halides is 9. The van der Waals surface area contributed by atoms with Crippen molar-refractivity contribution in [3.8, 4) is 5.75 Å². The van der Waals surface area contributed by atoms with Crippen molar-refractivity contribution in [1.82, 2.24) is 9.97 Å². The fraction of sp³-hybridized carbons (Fsp3) is 0.472. The van der Waals surface area contributed by atoms with Gasteiger partial charge in [-0.2, -0.15) is 35.1 Å². The van der Waals surface area contributed by atoms with Gasteiger partial charge in [0.1, 0.15) is 0 Å². The van der Waals surface area contributed by atoms with Gasteiger partial charge < -0.3 is 24.6 Å². The number of hydrogen-bond donors (Lipinski definition) is 2. The van der Waals surface area contributed by atoms with Gasteiger partial charge in [0.15, 0.2) is 11.9 Å². The zero-order valence-corrected chi connectivity index (χ0v) is 29.9. The van der Waals surface area contributed by atoms with Crippen LogP contribution < -0.4 is 15.0 Å². The Morgan fingerprint density at radius 2 is 1.59 bits per heavy atom. The summed E-state index contributed by atoms with van der Waals surface area (Å²) in [5.41, 5.74) is -4.38. The Bertz CT molecular complexity index is 1840. The fourth-order valence-electron chi connectivity index (χ4n) is 5.71. The highest BCUT2D eigenvalue weighted by Crippen LogP contribution is 2.43. The highest BCUT2D eigenvalue weighted by Gasteiger charge is 2.43. The summed E-state index contributed by atoms with van der Waals surface area (Å²) in [7, 11) is 0. The first kappa shape index (κ1) is 43.4. The van der Waals surface area contributed by atoms with Gasteiger partial charge in [-0.1, -0.05) is 13.0 Å². The van der Waals surface area contributed by atoms with Crippen molar-refractivity contribution in [2.75, 3.05) is 36.6 Å². The van der Waals surface area contributed by atoms with Crippen LogP contribution in [0, 0.1) is 0 Å². The molecule has 20 heteroatoms. The number of anilines is 2. The van der Waals surface area contributed by atoms with Gasteiger partial charge in [0.05, 0.1) is 54.6 Å². The number of halogens is 9. The van der Waals surface area contributed by atoms with Gasteiger partial charge in [-0.05, 0) is 60.7 Å². The molecule has 1 aliphatic rings. The third kappa shape index (κ3) is 11.4. The van der Waals surface area contributed by atoms with Crippen LogP contribution in [0.3, 0.4) is 0 Å². The number of aromatic nitrogens is 2. The third-order valence-electron chi connectivity index (χ3n) is 8.46. The predicted molar refractivity (Wildman–Crippen MR) is 180 cm³/mol. The number of ether oxygens (including phenoxy) is 3. The van der Waals surface area contributed by atoms with Gasteiger partial charge in [-0.15, -0.1) is 0 Å². The van der Waals surface area contributed by atoms with Crippen LogP contribution in [0.5, 0.6) is 5.75 Å². The number of nitrogens with zero attached hydrogens (tertiary/aromatic N) is 3. The minimum Gasteiger partial charge on any atom is -0.490 e. The van der Waals surface area contributed by atoms with Crippen LogP contribution in [0.15, 0.2) is 42.6 Å². The number of carbonyl (C=O) groups excluding carboxylic acids is 2. The second-order valence-electron chi connectivity index (χ2n) is 12.7. The maximum absolute atomic E-state index is 15.2. The summed E-state index contributed by atoms with van der Waals surface area (Å²) in [6, 6.07) is 3.16. The first-order valence-corrected chi connectivity index (χ1v) is 17.2. The van der Waals surface area contributed by atoms with E-state index in [2.05, 4.69) is 15.3 Å². The van der Waals surface area contributed by atoms with Gasteiger partial charge in [-0.25, -0.2) is 19.2 Å². The molecule has 0 radical (unpaired) electrons. The average molecular weight is 809 g/mol. The molecular formula is C36H37F9N4O7. The van der Waals surface area contributed by atoms with Crippen LogP contribution in [-0.2, 0) is 43.8 Å². The molecule has 2 aromatic carbocycles. The zero-order chi connectivity index (χ0) is 41.4. The molecule has 0 saturated carbocycles. The lowest BCUT2D eigenvalue weighted by Crippen LogP contribution is -2.39. The summed E-state index contributed by atoms with van der Waals surface area (Å²) < 4.78 is 142. The molecule has 306 valence electrons. The third-order valence-corrected chi connectivity index (χ3v) is 8.46. The van der Waals surface area contributed by atoms with E-state index in [1.807, 2.05) is 0 Å². The number of rotatable bonds is 16. The first-order valence-electron chi connectivity index (χ1n) is 17.2. The molecule has 0 spiro atoms. The zero-order valence-electron chi connectivity index (χ0n) is 29.9. The second-order valence-corrected chi connectivity index (χ2v) is 12.7. The molecule has 1 amide bonds. The van der Waals surface area contributed by atoms with Gasteiger partial charge in [0, 0.05) is 38.3 Å². The molecule has 3 aromatic rings. The summed E-state index contributed by atoms with van der Waals surface area (Å²) in [4.78, 5) is 44.6. The molecule has 4 rings (SSSR count). The number of fused-ring (bicyclic) bond motifs is 1. The van der Waals surface area contributed by atoms with E-state index >= 15 is 8.78 Å². The molecule has 2 heterocycles. The van der Waals surface area contributed by atoms with E-state index in [9.17, 15) is 45.1 Å². The molecular weight excluding hydrogens is 771 g/mol. The highest BCUT2D eigenvalue weighted by molar-refractivity contribution is 5.89. The molecule has 0 fully saturated rings. The number of aliphatic carboxylic acids is 1. The van der Waals surface area contributed by atoms with Crippen LogP contribution >= 0.6 is 0 Å². The number of esters is 1. The van der Waals surface area contributed by atoms with Gasteiger partial charge >= 0.3 is 36.3 Å². The summed E-state index contributed by atoms with van der Waals surface area (Å²) in [5, 5.41) is 11.9. The minimum atomic E-state index is -5.14. The SMILES string of the molecule is CCC(F)C(F)(F)c1ccc2c(c1)C(Nc1ncc(OCCCC(=O)O)c(Cc3cc(C(F)(F)F)cc(C(F)(F)F)c3)n1)CCN2C(=O)OCCCOC(C)=O. The Hall–Kier alpha value is -5.30. The maximum Gasteiger partial charge on any atom is 0.416 e. The Kier molecular flexibility index (Phi) is 14.0. The van der Waals surface area contributed by atoms with Crippen molar-refractivity contribution in [2.24, 2.45) is 0 Å². The first-order chi connectivity index (χ1) is 26.2. The molecule has 2 N–H and O–H groups in total. The van der Waals surface area contributed by atoms with E-state index in [1.54, 1.807) is 0 Å². The quantitative estimate of drug-likeness (QED) is 0.0821. The second kappa shape index (κ2) is 18.1. The lowest BCUT2D eigenvalue weighted by Gasteiger charge is -2.35. The molecule has 2 unspecified atom stereocenters. The summed E-state index contributed by atoms with van der Waals surface area (Å²) in [6.45, 7) is 1.95. The van der Waals surface area contributed by atoms with Gasteiger partial charge in [0.25, 0.3) is 0 Å². The lowest BCUT2D eigenvalue weighted by atomic mass is 9.91. The van der Waals surface area contributed by atoms with Crippen molar-refractivity contribution in [3.05, 3.63) is 76.1 Å². The Balaban J connectivity index is 1.72. The van der Waals surface area contributed by atoms with Gasteiger partial charge in [0.2, 0.25) is 5.95 Å². The number of carbonyl (C=O) groups is 3. The average Bonchev–Trinajstić information content (AvgIpc) is 3.12. The molecule has 1 aromatic heterocycles. The van der Waals surface area contributed by atoms with Crippen LogP contribution in [0.1, 0.15) is 85.5 Å². The molecule has 1 aliphatic heterocycles. The summed E-state index contributed by atoms with van der Waals surface area (Å²) in [6.07, 6.45) is -14.0. The molecule has 0 aliphatic carbocycles. The van der Waals surface area contributed by atoms with E-state index < -0.39 is 83.6 Å². The van der Waals surface area contributed by atoms with E-state index in [0.29, 0.717) is 12.1 Å². The van der Waals surface area contributed by atoms with Crippen molar-refractivity contribution < 1.29 is 73.2 Å². The largest absolute Gasteiger partial charge is 0.490 e. The van der Waals surface area contributed by atoms with Crippen molar-refractivity contribution in [2.45, 2.75) is 82.9 Å². The molecule has 2 atom stereocenters. The van der Waals surface area contributed by atoms with Gasteiger partial charge in [-0.3, -0.25) is 14.5 Å². The monoisotopic (exact) mass is 808 g/mol. The number of amides is 1. The van der Waals surface area contributed by atoms with E-state index in [1.165, 1.54) is 19.9 Å². The van der Waals surface area contributed by atoms with Crippen LogP contribution in [0.4, 0.5) is 55.9 Å². The number of nitrogens with one attached hydrogen (secondary N) is 1. The highest BCUT2D eigenvalue weighted by atomic mass is 19.4. The standard InChI is InChI=1S/C36H37F9N4O7/c1-3-30(37)34(38,39)22-7-8-28-25(18-22)26(9-10-49(28)33(53)56-13-5-12-54-20(2)50)47-32-46-19-29(55-11-4-6-31(51)52)27(48-32)16-21-14-23(35(40,41)42)17-24(15-21)36(43,44)45/h7-8,14-15,17-19,26,30H,3-6,9-13,16H2,1-2H3,(H,51,52)(H,46,47,48). The fourth-order valence-corrected chi connectivity index (χ4v) is 5.71. The molecule has 11 nitrogen and oxygen atoms in total. The summed E-state index contributed by atoms with van der Waals surface area (Å²) in [5.74, 6) is -6.09. The van der Waals surface area contributed by atoms with Crippen LogP contribution in [0.2, 0.25) is 0 Å². The molecule has 56 heavy (non-hydrogen) atoms. The van der Waals surface area contributed by atoms with Crippen molar-refractivity contribution in [3.63, 3.8) is 0 Å². The number of carboxylic acids is 1. The number of carboxylic acid groups (broad SMARTS) is 1. The lowest BCUT2D eigenvalue weighted by molar-refractivity contribution is -0.143. The van der Waals surface area contributed by atoms with Crippen LogP contribution in [0.25, 0.3) is 0 Å². The Morgan fingerprint density at radius 1 is 0.929 bits per heavy atom. The normalized spacial score (nSPS) is 15.1. The Morgan fingerprint density at radius 3 is 2.20 bits per heavy atom. The predicted octanol–water partition coefficient (Wildman–Crippen LogP) is 8.64. The van der Waals surface area contributed by atoms with E-state index in [-0.39, 0.29) is 86.8 Å². The van der Waals surface area contributed by atoms with E-state index in [4.69, 9.17) is 19.3 Å². The van der Waals surface area contributed by atoms with Crippen molar-refractivity contribution in [1.29, 1.82) is 0 Å². The van der Waals surface area contributed by atoms with Crippen molar-refractivity contribution >= 4 is 29.7 Å². The molecule has 0 bridgehead atoms. The molecule has 0 saturated heterocycles. The topological polar surface area (TPSA) is 140 Å². The minimum absolute atomic E-state index is 0.00783. The van der Waals surface area contributed by atoms with E-state index in [0.717, 1.165) is 23.2 Å². The smallest absolute Gasteiger partial charge is 0.416 e. The number of benzene rings is 2. The van der Waals surface area contributed by atoms with Crippen LogP contribution in [-0.4, -0.2) is 65.6 Å². The number of hydrogen-bond acceptors (Lipinski definition) is 9.